The van der Waals surface area contributed by atoms with E-state index in [1.54, 1.807) is 12.1 Å². The summed E-state index contributed by atoms with van der Waals surface area (Å²) in [5.41, 5.74) is 0.986. The van der Waals surface area contributed by atoms with Crippen LogP contribution in [0.3, 0.4) is 0 Å². The molecule has 0 fully saturated rings. The Morgan fingerprint density at radius 2 is 1.65 bits per heavy atom. The zero-order valence-electron chi connectivity index (χ0n) is 10.7. The Bertz CT molecular complexity index is 712. The quantitative estimate of drug-likeness (QED) is 0.941. The van der Waals surface area contributed by atoms with E-state index in [0.717, 1.165) is 30.2 Å². The molecule has 0 saturated carbocycles. The lowest BCUT2D eigenvalue weighted by Gasteiger charge is -2.08. The van der Waals surface area contributed by atoms with Crippen molar-refractivity contribution in [2.45, 2.75) is 18.2 Å². The van der Waals surface area contributed by atoms with Crippen molar-refractivity contribution in [1.82, 2.24) is 0 Å². The summed E-state index contributed by atoms with van der Waals surface area (Å²) < 4.78 is 52.2. The van der Waals surface area contributed by atoms with E-state index in [2.05, 4.69) is 4.72 Å². The number of benzene rings is 2. The monoisotopic (exact) mass is 297 g/mol. The summed E-state index contributed by atoms with van der Waals surface area (Å²) in [7, 11) is -3.81. The van der Waals surface area contributed by atoms with E-state index in [0.29, 0.717) is 0 Å². The number of sulfonamides is 1. The third-order valence-corrected chi connectivity index (χ3v) is 4.21. The summed E-state index contributed by atoms with van der Waals surface area (Å²) in [5, 5.41) is 0. The van der Waals surface area contributed by atoms with Crippen molar-refractivity contribution < 1.29 is 17.2 Å². The number of rotatable bonds is 4. The van der Waals surface area contributed by atoms with Crippen molar-refractivity contribution in [2.24, 2.45) is 0 Å². The van der Waals surface area contributed by atoms with Crippen LogP contribution in [0, 0.1) is 11.6 Å². The van der Waals surface area contributed by atoms with Gasteiger partial charge >= 0.3 is 0 Å². The Morgan fingerprint density at radius 1 is 1.00 bits per heavy atom. The molecule has 0 heterocycles. The molecule has 0 amide bonds. The minimum Gasteiger partial charge on any atom is -0.280 e. The van der Waals surface area contributed by atoms with Crippen molar-refractivity contribution in [3.63, 3.8) is 0 Å². The molecular formula is C14H13F2NO2S. The van der Waals surface area contributed by atoms with E-state index < -0.39 is 21.7 Å². The number of anilines is 1. The van der Waals surface area contributed by atoms with Crippen LogP contribution in [0.25, 0.3) is 0 Å². The highest BCUT2D eigenvalue weighted by Crippen LogP contribution is 2.18. The van der Waals surface area contributed by atoms with Gasteiger partial charge in [-0.3, -0.25) is 4.72 Å². The smallest absolute Gasteiger partial charge is 0.261 e. The minimum absolute atomic E-state index is 0.0246. The van der Waals surface area contributed by atoms with Crippen LogP contribution in [-0.2, 0) is 16.4 Å². The van der Waals surface area contributed by atoms with Crippen molar-refractivity contribution in [3.05, 3.63) is 59.7 Å². The molecule has 0 radical (unpaired) electrons. The van der Waals surface area contributed by atoms with Crippen LogP contribution >= 0.6 is 0 Å². The molecule has 0 aliphatic heterocycles. The SMILES string of the molecule is CCc1ccc(S(=O)(=O)Nc2ccc(F)c(F)c2)cc1. The van der Waals surface area contributed by atoms with Crippen LogP contribution in [0.15, 0.2) is 47.4 Å². The van der Waals surface area contributed by atoms with Gasteiger partial charge in [-0.2, -0.15) is 0 Å². The van der Waals surface area contributed by atoms with Crippen molar-refractivity contribution in [1.29, 1.82) is 0 Å². The van der Waals surface area contributed by atoms with Gasteiger partial charge in [-0.15, -0.1) is 0 Å². The van der Waals surface area contributed by atoms with E-state index >= 15 is 0 Å². The third kappa shape index (κ3) is 3.14. The molecule has 0 aliphatic carbocycles. The van der Waals surface area contributed by atoms with Gasteiger partial charge < -0.3 is 0 Å². The molecule has 3 nitrogen and oxygen atoms in total. The second-order valence-corrected chi connectivity index (χ2v) is 5.91. The topological polar surface area (TPSA) is 46.2 Å². The maximum Gasteiger partial charge on any atom is 0.261 e. The Hall–Kier alpha value is -1.95. The number of aryl methyl sites for hydroxylation is 1. The van der Waals surface area contributed by atoms with Crippen molar-refractivity contribution in [2.75, 3.05) is 4.72 Å². The second kappa shape index (κ2) is 5.58. The van der Waals surface area contributed by atoms with Crippen molar-refractivity contribution in [3.8, 4) is 0 Å². The third-order valence-electron chi connectivity index (χ3n) is 2.81. The Balaban J connectivity index is 2.27. The first-order valence-corrected chi connectivity index (χ1v) is 7.47. The predicted octanol–water partition coefficient (Wildman–Crippen LogP) is 3.33. The summed E-state index contributed by atoms with van der Waals surface area (Å²) in [6.45, 7) is 1.96. The lowest BCUT2D eigenvalue weighted by molar-refractivity contribution is 0.509. The average molecular weight is 297 g/mol. The summed E-state index contributed by atoms with van der Waals surface area (Å²) in [6.07, 6.45) is 0.803. The molecule has 20 heavy (non-hydrogen) atoms. The molecule has 2 aromatic carbocycles. The first-order chi connectivity index (χ1) is 9.42. The Labute approximate surface area is 116 Å². The second-order valence-electron chi connectivity index (χ2n) is 4.23. The van der Waals surface area contributed by atoms with E-state index in [4.69, 9.17) is 0 Å². The van der Waals surface area contributed by atoms with E-state index in [9.17, 15) is 17.2 Å². The molecular weight excluding hydrogens is 284 g/mol. The van der Waals surface area contributed by atoms with Gasteiger partial charge in [0.05, 0.1) is 10.6 Å². The van der Waals surface area contributed by atoms with Gasteiger partial charge in [0.25, 0.3) is 10.0 Å². The summed E-state index contributed by atoms with van der Waals surface area (Å²) in [5.74, 6) is -2.13. The molecule has 0 atom stereocenters. The first kappa shape index (κ1) is 14.5. The largest absolute Gasteiger partial charge is 0.280 e. The molecule has 106 valence electrons. The fourth-order valence-electron chi connectivity index (χ4n) is 1.68. The Morgan fingerprint density at radius 3 is 2.20 bits per heavy atom. The molecule has 6 heteroatoms. The van der Waals surface area contributed by atoms with Crippen LogP contribution in [-0.4, -0.2) is 8.42 Å². The molecule has 0 unspecified atom stereocenters. The van der Waals surface area contributed by atoms with Gasteiger partial charge in [0.2, 0.25) is 0 Å². The van der Waals surface area contributed by atoms with E-state index in [1.807, 2.05) is 6.92 Å². The zero-order valence-corrected chi connectivity index (χ0v) is 11.5. The number of hydrogen-bond donors (Lipinski definition) is 1. The first-order valence-electron chi connectivity index (χ1n) is 5.99. The van der Waals surface area contributed by atoms with Gasteiger partial charge in [0, 0.05) is 6.07 Å². The zero-order chi connectivity index (χ0) is 14.8. The average Bonchev–Trinajstić information content (AvgIpc) is 2.43. The number of hydrogen-bond acceptors (Lipinski definition) is 2. The summed E-state index contributed by atoms with van der Waals surface area (Å²) in [6, 6.07) is 9.19. The molecule has 2 rings (SSSR count). The van der Waals surface area contributed by atoms with Gasteiger partial charge in [0.15, 0.2) is 11.6 Å². The fourth-order valence-corrected chi connectivity index (χ4v) is 2.73. The van der Waals surface area contributed by atoms with E-state index in [-0.39, 0.29) is 10.6 Å². The minimum atomic E-state index is -3.81. The maximum atomic E-state index is 13.0. The van der Waals surface area contributed by atoms with Gasteiger partial charge in [-0.05, 0) is 36.2 Å². The standard InChI is InChI=1S/C14H13F2NO2S/c1-2-10-3-6-12(7-4-10)20(18,19)17-11-5-8-13(15)14(16)9-11/h3-9,17H,2H2,1H3. The van der Waals surface area contributed by atoms with Gasteiger partial charge in [-0.25, -0.2) is 17.2 Å². The highest BCUT2D eigenvalue weighted by atomic mass is 32.2. The molecule has 0 spiro atoms. The van der Waals surface area contributed by atoms with Crippen LogP contribution < -0.4 is 4.72 Å². The molecule has 1 N–H and O–H groups in total. The normalized spacial score (nSPS) is 11.3. The molecule has 2 aromatic rings. The van der Waals surface area contributed by atoms with Gasteiger partial charge in [-0.1, -0.05) is 19.1 Å². The highest BCUT2D eigenvalue weighted by Gasteiger charge is 2.14. The van der Waals surface area contributed by atoms with Crippen LogP contribution in [0.2, 0.25) is 0 Å². The molecule has 0 saturated heterocycles. The fraction of sp³-hybridized carbons (Fsp3) is 0.143. The number of nitrogens with one attached hydrogen (secondary N) is 1. The lowest BCUT2D eigenvalue weighted by Crippen LogP contribution is -2.13. The lowest BCUT2D eigenvalue weighted by atomic mass is 10.2. The van der Waals surface area contributed by atoms with Crippen LogP contribution in [0.5, 0.6) is 0 Å². The molecule has 0 aromatic heterocycles. The van der Waals surface area contributed by atoms with Crippen molar-refractivity contribution >= 4 is 15.7 Å². The predicted molar refractivity (Wildman–Crippen MR) is 73.0 cm³/mol. The van der Waals surface area contributed by atoms with E-state index in [1.165, 1.54) is 12.1 Å². The van der Waals surface area contributed by atoms with Crippen LogP contribution in [0.1, 0.15) is 12.5 Å². The summed E-state index contributed by atoms with van der Waals surface area (Å²) >= 11 is 0. The van der Waals surface area contributed by atoms with Gasteiger partial charge in [0.1, 0.15) is 0 Å². The highest BCUT2D eigenvalue weighted by molar-refractivity contribution is 7.92. The maximum absolute atomic E-state index is 13.0. The van der Waals surface area contributed by atoms with Crippen LogP contribution in [0.4, 0.5) is 14.5 Å². The molecule has 0 aliphatic rings. The molecule has 0 bridgehead atoms. The number of halogens is 2. The Kier molecular flexibility index (Phi) is 4.04. The summed E-state index contributed by atoms with van der Waals surface area (Å²) in [4.78, 5) is 0.0689.